The molecule has 0 aliphatic heterocycles. The van der Waals surface area contributed by atoms with E-state index in [1.807, 2.05) is 28.8 Å². The van der Waals surface area contributed by atoms with E-state index in [1.165, 1.54) is 6.07 Å². The highest BCUT2D eigenvalue weighted by atomic mass is 16.6. The Hall–Kier alpha value is -2.48. The van der Waals surface area contributed by atoms with Crippen molar-refractivity contribution in [3.05, 3.63) is 52.6 Å². The predicted molar refractivity (Wildman–Crippen MR) is 91.8 cm³/mol. The van der Waals surface area contributed by atoms with Gasteiger partial charge in [-0.2, -0.15) is 0 Å². The zero-order chi connectivity index (χ0) is 17.3. The van der Waals surface area contributed by atoms with E-state index in [1.54, 1.807) is 24.1 Å². The minimum Gasteiger partial charge on any atom is -0.390 e. The lowest BCUT2D eigenvalue weighted by Gasteiger charge is -2.19. The van der Waals surface area contributed by atoms with Crippen LogP contribution < -0.4 is 0 Å². The summed E-state index contributed by atoms with van der Waals surface area (Å²) in [6.45, 7) is 0.542. The molecule has 2 aromatic carbocycles. The van der Waals surface area contributed by atoms with Crippen molar-refractivity contribution < 1.29 is 15.1 Å². The van der Waals surface area contributed by atoms with E-state index in [9.17, 15) is 15.2 Å². The van der Waals surface area contributed by atoms with Crippen LogP contribution in [-0.4, -0.2) is 51.0 Å². The van der Waals surface area contributed by atoms with Crippen LogP contribution in [0, 0.1) is 10.1 Å². The molecule has 1 aromatic heterocycles. The van der Waals surface area contributed by atoms with Gasteiger partial charge < -0.3 is 14.8 Å². The highest BCUT2D eigenvalue weighted by molar-refractivity contribution is 6.08. The maximum Gasteiger partial charge on any atom is 0.270 e. The maximum absolute atomic E-state index is 11.0. The second kappa shape index (κ2) is 6.56. The molecule has 0 aliphatic rings. The Morgan fingerprint density at radius 1 is 1.21 bits per heavy atom. The van der Waals surface area contributed by atoms with Crippen molar-refractivity contribution in [2.75, 3.05) is 20.3 Å². The van der Waals surface area contributed by atoms with E-state index in [0.29, 0.717) is 13.1 Å². The monoisotopic (exact) mass is 329 g/mol. The number of nitro benzene ring substituents is 1. The summed E-state index contributed by atoms with van der Waals surface area (Å²) in [6.07, 6.45) is -0.670. The number of hydrogen-bond acceptors (Lipinski definition) is 5. The topological polar surface area (TPSA) is 91.8 Å². The number of rotatable bonds is 6. The Bertz CT molecular complexity index is 890. The standard InChI is InChI=1S/C17H19N3O4/c1-18(11-21)9-13(22)10-19-16-5-3-2-4-14(16)15-8-12(20(23)24)6-7-17(15)19/h2-8,13,21-22H,9-11H2,1H3. The Morgan fingerprint density at radius 2 is 1.92 bits per heavy atom. The van der Waals surface area contributed by atoms with E-state index >= 15 is 0 Å². The van der Waals surface area contributed by atoms with Crippen molar-refractivity contribution in [2.45, 2.75) is 12.6 Å². The zero-order valence-corrected chi connectivity index (χ0v) is 13.3. The Labute approximate surface area is 138 Å². The Morgan fingerprint density at radius 3 is 2.62 bits per heavy atom. The fourth-order valence-corrected chi connectivity index (χ4v) is 3.04. The van der Waals surface area contributed by atoms with Gasteiger partial charge in [0.15, 0.2) is 0 Å². The van der Waals surface area contributed by atoms with Gasteiger partial charge in [-0.05, 0) is 19.2 Å². The minimum absolute atomic E-state index is 0.0472. The third-order valence-corrected chi connectivity index (χ3v) is 4.12. The van der Waals surface area contributed by atoms with Crippen molar-refractivity contribution in [3.8, 4) is 0 Å². The highest BCUT2D eigenvalue weighted by Gasteiger charge is 2.17. The van der Waals surface area contributed by atoms with Crippen LogP contribution in [0.15, 0.2) is 42.5 Å². The molecule has 1 atom stereocenters. The van der Waals surface area contributed by atoms with Crippen molar-refractivity contribution in [2.24, 2.45) is 0 Å². The van der Waals surface area contributed by atoms with Crippen LogP contribution >= 0.6 is 0 Å². The van der Waals surface area contributed by atoms with E-state index in [2.05, 4.69) is 0 Å². The molecule has 0 saturated heterocycles. The Balaban J connectivity index is 2.10. The summed E-state index contributed by atoms with van der Waals surface area (Å²) in [4.78, 5) is 12.3. The number of hydrogen-bond donors (Lipinski definition) is 2. The number of nitro groups is 1. The van der Waals surface area contributed by atoms with Gasteiger partial charge in [-0.15, -0.1) is 0 Å². The second-order valence-electron chi connectivity index (χ2n) is 5.92. The van der Waals surface area contributed by atoms with Gasteiger partial charge in [0, 0.05) is 40.5 Å². The molecule has 3 aromatic rings. The molecule has 24 heavy (non-hydrogen) atoms. The maximum atomic E-state index is 11.0. The molecule has 2 N–H and O–H groups in total. The number of likely N-dealkylation sites (N-methyl/N-ethyl adjacent to an activating group) is 1. The normalized spacial score (nSPS) is 13.0. The molecular weight excluding hydrogens is 310 g/mol. The van der Waals surface area contributed by atoms with Crippen LogP contribution in [0.25, 0.3) is 21.8 Å². The molecule has 3 rings (SSSR count). The van der Waals surface area contributed by atoms with Crippen molar-refractivity contribution in [1.29, 1.82) is 0 Å². The lowest BCUT2D eigenvalue weighted by atomic mass is 10.1. The molecule has 0 saturated carbocycles. The van der Waals surface area contributed by atoms with Crippen molar-refractivity contribution >= 4 is 27.5 Å². The van der Waals surface area contributed by atoms with E-state index in [0.717, 1.165) is 21.8 Å². The molecule has 1 heterocycles. The van der Waals surface area contributed by atoms with Gasteiger partial charge in [-0.3, -0.25) is 15.0 Å². The van der Waals surface area contributed by atoms with Gasteiger partial charge >= 0.3 is 0 Å². The van der Waals surface area contributed by atoms with Crippen LogP contribution in [0.5, 0.6) is 0 Å². The summed E-state index contributed by atoms with van der Waals surface area (Å²) >= 11 is 0. The first-order chi connectivity index (χ1) is 11.5. The number of nitrogens with zero attached hydrogens (tertiary/aromatic N) is 3. The van der Waals surface area contributed by atoms with Crippen LogP contribution in [0.1, 0.15) is 0 Å². The molecule has 1 unspecified atom stereocenters. The third kappa shape index (κ3) is 2.96. The van der Waals surface area contributed by atoms with Gasteiger partial charge in [0.1, 0.15) is 0 Å². The van der Waals surface area contributed by atoms with Gasteiger partial charge in [0.2, 0.25) is 0 Å². The molecule has 7 nitrogen and oxygen atoms in total. The number of aliphatic hydroxyl groups is 2. The molecule has 0 aliphatic carbocycles. The molecule has 0 fully saturated rings. The van der Waals surface area contributed by atoms with E-state index in [4.69, 9.17) is 5.11 Å². The number of aromatic nitrogens is 1. The largest absolute Gasteiger partial charge is 0.390 e. The number of para-hydroxylation sites is 1. The fourth-order valence-electron chi connectivity index (χ4n) is 3.04. The molecule has 0 bridgehead atoms. The minimum atomic E-state index is -0.670. The summed E-state index contributed by atoms with van der Waals surface area (Å²) in [7, 11) is 1.72. The van der Waals surface area contributed by atoms with Gasteiger partial charge in [-0.25, -0.2) is 0 Å². The van der Waals surface area contributed by atoms with Crippen molar-refractivity contribution in [3.63, 3.8) is 0 Å². The lowest BCUT2D eigenvalue weighted by Crippen LogP contribution is -2.32. The zero-order valence-electron chi connectivity index (χ0n) is 13.3. The smallest absolute Gasteiger partial charge is 0.270 e. The van der Waals surface area contributed by atoms with Gasteiger partial charge in [0.25, 0.3) is 5.69 Å². The molecular formula is C17H19N3O4. The predicted octanol–water partition coefficient (Wildman–Crippen LogP) is 1.95. The third-order valence-electron chi connectivity index (χ3n) is 4.12. The molecule has 0 spiro atoms. The average molecular weight is 329 g/mol. The van der Waals surface area contributed by atoms with Crippen LogP contribution in [-0.2, 0) is 6.54 Å². The quantitative estimate of drug-likeness (QED) is 0.410. The van der Waals surface area contributed by atoms with Gasteiger partial charge in [0.05, 0.1) is 24.3 Å². The SMILES string of the molecule is CN(CO)CC(O)Cn1c2ccccc2c2cc([N+](=O)[O-])ccc21. The molecule has 0 amide bonds. The summed E-state index contributed by atoms with van der Waals surface area (Å²) in [6, 6.07) is 12.4. The van der Waals surface area contributed by atoms with E-state index in [-0.39, 0.29) is 12.4 Å². The van der Waals surface area contributed by atoms with Crippen LogP contribution in [0.2, 0.25) is 0 Å². The number of benzene rings is 2. The number of non-ortho nitro benzene ring substituents is 1. The summed E-state index contributed by atoms with van der Waals surface area (Å²) in [5.41, 5.74) is 1.80. The molecule has 0 radical (unpaired) electrons. The second-order valence-corrected chi connectivity index (χ2v) is 5.92. The summed E-state index contributed by atoms with van der Waals surface area (Å²) < 4.78 is 1.96. The average Bonchev–Trinajstić information content (AvgIpc) is 2.88. The first-order valence-corrected chi connectivity index (χ1v) is 7.64. The Kier molecular flexibility index (Phi) is 4.48. The van der Waals surface area contributed by atoms with Crippen LogP contribution in [0.4, 0.5) is 5.69 Å². The highest BCUT2D eigenvalue weighted by Crippen LogP contribution is 2.31. The fraction of sp³-hybridized carbons (Fsp3) is 0.294. The molecule has 126 valence electrons. The summed E-state index contributed by atoms with van der Waals surface area (Å²) in [5.74, 6) is 0. The lowest BCUT2D eigenvalue weighted by molar-refractivity contribution is -0.384. The molecule has 7 heteroatoms. The first-order valence-electron chi connectivity index (χ1n) is 7.64. The summed E-state index contributed by atoms with van der Waals surface area (Å²) in [5, 5.41) is 32.1. The number of aliphatic hydroxyl groups excluding tert-OH is 2. The van der Waals surface area contributed by atoms with Crippen molar-refractivity contribution in [1.82, 2.24) is 9.47 Å². The van der Waals surface area contributed by atoms with Gasteiger partial charge in [-0.1, -0.05) is 18.2 Å². The van der Waals surface area contributed by atoms with E-state index < -0.39 is 11.0 Å². The van der Waals surface area contributed by atoms with Crippen LogP contribution in [0.3, 0.4) is 0 Å². The number of fused-ring (bicyclic) bond motifs is 3. The first kappa shape index (κ1) is 16.4.